The molecular formula is C20H17N3O2. The summed E-state index contributed by atoms with van der Waals surface area (Å²) in [5.74, 6) is 0. The van der Waals surface area contributed by atoms with Crippen molar-refractivity contribution in [2.45, 2.75) is 6.61 Å². The Hall–Kier alpha value is -3.18. The van der Waals surface area contributed by atoms with Crippen molar-refractivity contribution in [2.24, 2.45) is 7.05 Å². The van der Waals surface area contributed by atoms with Crippen molar-refractivity contribution in [1.29, 1.82) is 0 Å². The van der Waals surface area contributed by atoms with Gasteiger partial charge in [-0.1, -0.05) is 36.4 Å². The number of benzene rings is 2. The minimum Gasteiger partial charge on any atom is -0.392 e. The summed E-state index contributed by atoms with van der Waals surface area (Å²) in [6.45, 7) is -0.0393. The van der Waals surface area contributed by atoms with Gasteiger partial charge in [-0.05, 0) is 29.8 Å². The molecule has 4 rings (SSSR count). The predicted octanol–water partition coefficient (Wildman–Crippen LogP) is 2.88. The van der Waals surface area contributed by atoms with E-state index in [1.165, 1.54) is 0 Å². The highest BCUT2D eigenvalue weighted by molar-refractivity contribution is 5.78. The Morgan fingerprint density at radius 2 is 1.68 bits per heavy atom. The molecule has 0 unspecified atom stereocenters. The molecule has 2 aromatic heterocycles. The number of para-hydroxylation sites is 2. The fourth-order valence-corrected chi connectivity index (χ4v) is 3.13. The van der Waals surface area contributed by atoms with E-state index >= 15 is 0 Å². The number of pyridine rings is 1. The van der Waals surface area contributed by atoms with E-state index in [1.807, 2.05) is 60.7 Å². The van der Waals surface area contributed by atoms with Crippen LogP contribution in [0.3, 0.4) is 0 Å². The molecule has 2 heterocycles. The Morgan fingerprint density at radius 3 is 2.40 bits per heavy atom. The van der Waals surface area contributed by atoms with Crippen molar-refractivity contribution >= 4 is 11.0 Å². The molecule has 0 atom stereocenters. The largest absolute Gasteiger partial charge is 0.392 e. The van der Waals surface area contributed by atoms with Gasteiger partial charge in [-0.2, -0.15) is 0 Å². The van der Waals surface area contributed by atoms with E-state index in [1.54, 1.807) is 22.4 Å². The lowest BCUT2D eigenvalue weighted by atomic mass is 10.0. The van der Waals surface area contributed by atoms with Gasteiger partial charge in [0.2, 0.25) is 0 Å². The van der Waals surface area contributed by atoms with Crippen molar-refractivity contribution in [3.05, 3.63) is 82.9 Å². The minimum absolute atomic E-state index is 0.0393. The summed E-state index contributed by atoms with van der Waals surface area (Å²) >= 11 is 0. The Labute approximate surface area is 144 Å². The normalized spacial score (nSPS) is 11.1. The van der Waals surface area contributed by atoms with Gasteiger partial charge in [-0.25, -0.2) is 4.79 Å². The maximum atomic E-state index is 12.6. The molecule has 25 heavy (non-hydrogen) atoms. The average molecular weight is 331 g/mol. The van der Waals surface area contributed by atoms with Crippen LogP contribution in [0.2, 0.25) is 0 Å². The standard InChI is InChI=1S/C20H17N3O2/c1-22-18-8-4-5-9-19(18)23(20(22)25)15-10-11-17(21-12-15)16-7-3-2-6-14(16)13-24/h2-12,24H,13H2,1H3. The summed E-state index contributed by atoms with van der Waals surface area (Å²) in [7, 11) is 1.76. The number of aryl methyl sites for hydroxylation is 1. The van der Waals surface area contributed by atoms with E-state index < -0.39 is 0 Å². The van der Waals surface area contributed by atoms with Crippen LogP contribution in [0.25, 0.3) is 28.0 Å². The van der Waals surface area contributed by atoms with Crippen LogP contribution in [0.5, 0.6) is 0 Å². The molecule has 0 radical (unpaired) electrons. The summed E-state index contributed by atoms with van der Waals surface area (Å²) in [4.78, 5) is 17.1. The number of hydrogen-bond donors (Lipinski definition) is 1. The van der Waals surface area contributed by atoms with E-state index in [0.717, 1.165) is 27.9 Å². The van der Waals surface area contributed by atoms with Gasteiger partial charge in [0, 0.05) is 12.6 Å². The third kappa shape index (κ3) is 2.45. The highest BCUT2D eigenvalue weighted by Crippen LogP contribution is 2.23. The van der Waals surface area contributed by atoms with Crippen LogP contribution in [0.1, 0.15) is 5.56 Å². The number of aromatic nitrogens is 3. The van der Waals surface area contributed by atoms with Crippen molar-refractivity contribution < 1.29 is 5.11 Å². The lowest BCUT2D eigenvalue weighted by molar-refractivity contribution is 0.282. The van der Waals surface area contributed by atoms with Crippen LogP contribution < -0.4 is 5.69 Å². The smallest absolute Gasteiger partial charge is 0.333 e. The van der Waals surface area contributed by atoms with Crippen molar-refractivity contribution in [1.82, 2.24) is 14.1 Å². The Balaban J connectivity index is 1.85. The Morgan fingerprint density at radius 1 is 0.960 bits per heavy atom. The van der Waals surface area contributed by atoms with E-state index in [2.05, 4.69) is 4.98 Å². The average Bonchev–Trinajstić information content (AvgIpc) is 2.93. The number of imidazole rings is 1. The fraction of sp³-hybridized carbons (Fsp3) is 0.100. The SMILES string of the molecule is Cn1c(=O)n(-c2ccc(-c3ccccc3CO)nc2)c2ccccc21. The summed E-state index contributed by atoms with van der Waals surface area (Å²) in [5, 5.41) is 9.49. The summed E-state index contributed by atoms with van der Waals surface area (Å²) in [6, 6.07) is 19.0. The van der Waals surface area contributed by atoms with E-state index in [4.69, 9.17) is 0 Å². The molecule has 1 N–H and O–H groups in total. The molecule has 4 aromatic rings. The molecule has 0 aliphatic carbocycles. The molecule has 5 heteroatoms. The van der Waals surface area contributed by atoms with Gasteiger partial charge in [0.1, 0.15) is 0 Å². The van der Waals surface area contributed by atoms with Crippen molar-refractivity contribution in [2.75, 3.05) is 0 Å². The predicted molar refractivity (Wildman–Crippen MR) is 97.7 cm³/mol. The zero-order valence-corrected chi connectivity index (χ0v) is 13.8. The molecule has 5 nitrogen and oxygen atoms in total. The number of aliphatic hydroxyl groups excluding tert-OH is 1. The van der Waals surface area contributed by atoms with E-state index in [-0.39, 0.29) is 12.3 Å². The second-order valence-electron chi connectivity index (χ2n) is 5.88. The first-order valence-electron chi connectivity index (χ1n) is 8.03. The molecule has 0 fully saturated rings. The van der Waals surface area contributed by atoms with Gasteiger partial charge in [-0.3, -0.25) is 14.1 Å². The lowest BCUT2D eigenvalue weighted by Gasteiger charge is -2.08. The van der Waals surface area contributed by atoms with Crippen molar-refractivity contribution in [3.8, 4) is 16.9 Å². The maximum absolute atomic E-state index is 12.6. The first-order valence-corrected chi connectivity index (χ1v) is 8.03. The second kappa shape index (κ2) is 6.03. The quantitative estimate of drug-likeness (QED) is 0.628. The topological polar surface area (TPSA) is 60.0 Å². The van der Waals surface area contributed by atoms with Gasteiger partial charge in [0.05, 0.1) is 35.2 Å². The highest BCUT2D eigenvalue weighted by Gasteiger charge is 2.12. The highest BCUT2D eigenvalue weighted by atomic mass is 16.3. The Bertz CT molecular complexity index is 1110. The monoisotopic (exact) mass is 331 g/mol. The minimum atomic E-state index is -0.105. The van der Waals surface area contributed by atoms with Crippen LogP contribution in [0.15, 0.2) is 71.7 Å². The van der Waals surface area contributed by atoms with E-state index in [9.17, 15) is 9.90 Å². The zero-order chi connectivity index (χ0) is 17.4. The van der Waals surface area contributed by atoms with Crippen molar-refractivity contribution in [3.63, 3.8) is 0 Å². The number of fused-ring (bicyclic) bond motifs is 1. The molecule has 2 aromatic carbocycles. The number of hydrogen-bond acceptors (Lipinski definition) is 3. The van der Waals surface area contributed by atoms with E-state index in [0.29, 0.717) is 5.69 Å². The fourth-order valence-electron chi connectivity index (χ4n) is 3.13. The first-order chi connectivity index (χ1) is 12.2. The van der Waals surface area contributed by atoms with Crippen LogP contribution in [-0.2, 0) is 13.7 Å². The molecule has 0 bridgehead atoms. The van der Waals surface area contributed by atoms with Crippen LogP contribution >= 0.6 is 0 Å². The zero-order valence-electron chi connectivity index (χ0n) is 13.8. The van der Waals surface area contributed by atoms with Gasteiger partial charge in [0.25, 0.3) is 0 Å². The van der Waals surface area contributed by atoms with Crippen LogP contribution in [-0.4, -0.2) is 19.2 Å². The molecule has 0 saturated carbocycles. The maximum Gasteiger partial charge on any atom is 0.333 e. The number of rotatable bonds is 3. The third-order valence-corrected chi connectivity index (χ3v) is 4.43. The van der Waals surface area contributed by atoms with Gasteiger partial charge in [-0.15, -0.1) is 0 Å². The molecule has 0 amide bonds. The lowest BCUT2D eigenvalue weighted by Crippen LogP contribution is -2.20. The summed E-state index contributed by atoms with van der Waals surface area (Å²) in [5.41, 5.74) is 4.81. The Kier molecular flexibility index (Phi) is 3.71. The summed E-state index contributed by atoms with van der Waals surface area (Å²) < 4.78 is 3.29. The second-order valence-corrected chi connectivity index (χ2v) is 5.88. The van der Waals surface area contributed by atoms with Crippen LogP contribution in [0.4, 0.5) is 0 Å². The molecule has 0 aliphatic rings. The van der Waals surface area contributed by atoms with Gasteiger partial charge < -0.3 is 5.11 Å². The van der Waals surface area contributed by atoms with Gasteiger partial charge in [0.15, 0.2) is 0 Å². The number of nitrogens with zero attached hydrogens (tertiary/aromatic N) is 3. The molecule has 0 aliphatic heterocycles. The third-order valence-electron chi connectivity index (χ3n) is 4.43. The van der Waals surface area contributed by atoms with Gasteiger partial charge >= 0.3 is 5.69 Å². The first kappa shape index (κ1) is 15.4. The van der Waals surface area contributed by atoms with Crippen LogP contribution in [0, 0.1) is 0 Å². The molecule has 0 spiro atoms. The molecule has 0 saturated heterocycles. The number of aliphatic hydroxyl groups is 1. The summed E-state index contributed by atoms with van der Waals surface area (Å²) in [6.07, 6.45) is 1.69. The molecule has 124 valence electrons. The molecular weight excluding hydrogens is 314 g/mol.